The van der Waals surface area contributed by atoms with Gasteiger partial charge in [0.05, 0.1) is 6.04 Å². The van der Waals surface area contributed by atoms with Crippen molar-refractivity contribution in [3.8, 4) is 11.5 Å². The first kappa shape index (κ1) is 22.6. The number of hydrogen-bond acceptors (Lipinski definition) is 5. The van der Waals surface area contributed by atoms with Crippen LogP contribution in [0.4, 0.5) is 0 Å². The van der Waals surface area contributed by atoms with E-state index >= 15 is 0 Å². The second kappa shape index (κ2) is 10.9. The normalized spacial score (nSPS) is 16.5. The molecule has 1 fully saturated rings. The molecule has 2 aliphatic rings. The second-order valence-electron chi connectivity index (χ2n) is 8.99. The molecule has 3 aromatic rings. The van der Waals surface area contributed by atoms with Crippen LogP contribution in [0.5, 0.6) is 11.5 Å². The summed E-state index contributed by atoms with van der Waals surface area (Å²) in [5, 5.41) is 0. The van der Waals surface area contributed by atoms with Crippen molar-refractivity contribution in [1.82, 2.24) is 9.80 Å². The van der Waals surface area contributed by atoms with Crippen LogP contribution in [0.2, 0.25) is 0 Å². The first-order valence-corrected chi connectivity index (χ1v) is 12.3. The molecule has 1 saturated heterocycles. The molecule has 176 valence electrons. The maximum absolute atomic E-state index is 12.7. The van der Waals surface area contributed by atoms with Gasteiger partial charge in [-0.2, -0.15) is 0 Å². The standard InChI is InChI=1S/C29H32N2O3/c32-26(25-13-14-27-28(22-25)34-21-20-33-27)12-7-15-30-16-18-31(19-17-30)29(23-8-3-1-4-9-23)24-10-5-2-6-11-24/h1-6,8-11,13-14,22,29H,7,12,15-21H2. The minimum absolute atomic E-state index is 0.170. The Morgan fingerprint density at radius 1 is 0.765 bits per heavy atom. The van der Waals surface area contributed by atoms with Crippen LogP contribution in [0.15, 0.2) is 78.9 Å². The predicted octanol–water partition coefficient (Wildman–Crippen LogP) is 4.83. The topological polar surface area (TPSA) is 42.0 Å². The van der Waals surface area contributed by atoms with Crippen LogP contribution in [-0.4, -0.2) is 61.5 Å². The lowest BCUT2D eigenvalue weighted by atomic mass is 9.96. The third-order valence-electron chi connectivity index (χ3n) is 6.74. The molecule has 5 rings (SSSR count). The highest BCUT2D eigenvalue weighted by molar-refractivity contribution is 5.96. The van der Waals surface area contributed by atoms with Gasteiger partial charge in [0.1, 0.15) is 13.2 Å². The number of ketones is 1. The molecule has 0 unspecified atom stereocenters. The zero-order chi connectivity index (χ0) is 23.2. The van der Waals surface area contributed by atoms with Crippen LogP contribution < -0.4 is 9.47 Å². The van der Waals surface area contributed by atoms with Crippen LogP contribution in [0.25, 0.3) is 0 Å². The third-order valence-corrected chi connectivity index (χ3v) is 6.74. The molecule has 0 amide bonds. The molecular weight excluding hydrogens is 424 g/mol. The summed E-state index contributed by atoms with van der Waals surface area (Å²) in [5.41, 5.74) is 3.39. The largest absolute Gasteiger partial charge is 0.486 e. The third kappa shape index (κ3) is 5.32. The number of ether oxygens (including phenoxy) is 2. The van der Waals surface area contributed by atoms with Crippen molar-refractivity contribution in [2.75, 3.05) is 45.9 Å². The van der Waals surface area contributed by atoms with Crippen molar-refractivity contribution < 1.29 is 14.3 Å². The van der Waals surface area contributed by atoms with Crippen molar-refractivity contribution in [2.45, 2.75) is 18.9 Å². The first-order valence-electron chi connectivity index (χ1n) is 12.3. The average Bonchev–Trinajstić information content (AvgIpc) is 2.90. The van der Waals surface area contributed by atoms with Crippen LogP contribution >= 0.6 is 0 Å². The number of rotatable bonds is 8. The number of carbonyl (C=O) groups is 1. The van der Waals surface area contributed by atoms with Gasteiger partial charge in [0.25, 0.3) is 0 Å². The lowest BCUT2D eigenvalue weighted by Crippen LogP contribution is -2.48. The number of piperazine rings is 1. The molecule has 0 aromatic heterocycles. The van der Waals surface area contributed by atoms with Gasteiger partial charge in [-0.05, 0) is 42.3 Å². The Morgan fingerprint density at radius 2 is 1.38 bits per heavy atom. The highest BCUT2D eigenvalue weighted by Gasteiger charge is 2.26. The lowest BCUT2D eigenvalue weighted by molar-refractivity contribution is 0.0941. The first-order chi connectivity index (χ1) is 16.8. The van der Waals surface area contributed by atoms with Crippen molar-refractivity contribution in [3.63, 3.8) is 0 Å². The number of hydrogen-bond donors (Lipinski definition) is 0. The molecule has 0 N–H and O–H groups in total. The highest BCUT2D eigenvalue weighted by Crippen LogP contribution is 2.31. The molecule has 2 aliphatic heterocycles. The number of Topliss-reactive ketones (excluding diaryl/α,β-unsaturated/α-hetero) is 1. The Labute approximate surface area is 201 Å². The molecule has 3 aromatic carbocycles. The monoisotopic (exact) mass is 456 g/mol. The summed E-state index contributed by atoms with van der Waals surface area (Å²) in [6, 6.07) is 27.4. The molecule has 5 nitrogen and oxygen atoms in total. The number of fused-ring (bicyclic) bond motifs is 1. The van der Waals surface area contributed by atoms with E-state index in [2.05, 4.69) is 70.5 Å². The van der Waals surface area contributed by atoms with Gasteiger partial charge in [-0.3, -0.25) is 9.69 Å². The SMILES string of the molecule is O=C(CCCN1CCN(C(c2ccccc2)c2ccccc2)CC1)c1ccc2c(c1)OCCO2. The maximum atomic E-state index is 12.7. The fourth-order valence-corrected chi connectivity index (χ4v) is 4.95. The molecule has 0 aliphatic carbocycles. The number of benzene rings is 3. The van der Waals surface area contributed by atoms with Gasteiger partial charge in [0.15, 0.2) is 17.3 Å². The van der Waals surface area contributed by atoms with E-state index in [0.717, 1.165) is 44.9 Å². The van der Waals surface area contributed by atoms with Crippen LogP contribution in [0.3, 0.4) is 0 Å². The van der Waals surface area contributed by atoms with Gasteiger partial charge >= 0.3 is 0 Å². The summed E-state index contributed by atoms with van der Waals surface area (Å²) >= 11 is 0. The highest BCUT2D eigenvalue weighted by atomic mass is 16.6. The molecular formula is C29H32N2O3. The number of carbonyl (C=O) groups excluding carboxylic acids is 1. The summed E-state index contributed by atoms with van der Waals surface area (Å²) in [6.45, 7) is 6.13. The molecule has 5 heteroatoms. The van der Waals surface area contributed by atoms with Crippen molar-refractivity contribution >= 4 is 5.78 Å². The second-order valence-corrected chi connectivity index (χ2v) is 8.99. The maximum Gasteiger partial charge on any atom is 0.163 e. The smallest absolute Gasteiger partial charge is 0.163 e. The van der Waals surface area contributed by atoms with E-state index < -0.39 is 0 Å². The van der Waals surface area contributed by atoms with Crippen LogP contribution in [0.1, 0.15) is 40.4 Å². The summed E-state index contributed by atoms with van der Waals surface area (Å²) < 4.78 is 11.2. The minimum atomic E-state index is 0.170. The molecule has 0 atom stereocenters. The Kier molecular flexibility index (Phi) is 7.22. The lowest BCUT2D eigenvalue weighted by Gasteiger charge is -2.39. The van der Waals surface area contributed by atoms with E-state index in [1.807, 2.05) is 18.2 Å². The average molecular weight is 457 g/mol. The Hall–Kier alpha value is -3.15. The molecule has 0 saturated carbocycles. The fraction of sp³-hybridized carbons (Fsp3) is 0.345. The van der Waals surface area contributed by atoms with E-state index in [0.29, 0.717) is 30.9 Å². The molecule has 34 heavy (non-hydrogen) atoms. The fourth-order valence-electron chi connectivity index (χ4n) is 4.95. The molecule has 0 bridgehead atoms. The van der Waals surface area contributed by atoms with E-state index in [-0.39, 0.29) is 11.8 Å². The van der Waals surface area contributed by atoms with Gasteiger partial charge in [0, 0.05) is 38.2 Å². The van der Waals surface area contributed by atoms with Gasteiger partial charge in [-0.15, -0.1) is 0 Å². The summed E-state index contributed by atoms with van der Waals surface area (Å²) in [5.74, 6) is 1.58. The predicted molar refractivity (Wildman–Crippen MR) is 134 cm³/mol. The summed E-state index contributed by atoms with van der Waals surface area (Å²) in [7, 11) is 0. The minimum Gasteiger partial charge on any atom is -0.486 e. The van der Waals surface area contributed by atoms with E-state index in [4.69, 9.17) is 9.47 Å². The molecule has 0 radical (unpaired) electrons. The zero-order valence-electron chi connectivity index (χ0n) is 19.6. The van der Waals surface area contributed by atoms with E-state index in [1.165, 1.54) is 11.1 Å². The van der Waals surface area contributed by atoms with Crippen molar-refractivity contribution in [3.05, 3.63) is 95.6 Å². The Balaban J connectivity index is 1.13. The van der Waals surface area contributed by atoms with Gasteiger partial charge in [-0.1, -0.05) is 60.7 Å². The summed E-state index contributed by atoms with van der Waals surface area (Å²) in [6.07, 6.45) is 1.42. The zero-order valence-corrected chi connectivity index (χ0v) is 19.6. The van der Waals surface area contributed by atoms with Gasteiger partial charge in [-0.25, -0.2) is 0 Å². The van der Waals surface area contributed by atoms with Crippen LogP contribution in [-0.2, 0) is 0 Å². The molecule has 0 spiro atoms. The Morgan fingerprint density at radius 3 is 2.03 bits per heavy atom. The van der Waals surface area contributed by atoms with Crippen LogP contribution in [0, 0.1) is 0 Å². The van der Waals surface area contributed by atoms with Crippen molar-refractivity contribution in [2.24, 2.45) is 0 Å². The van der Waals surface area contributed by atoms with Gasteiger partial charge in [0.2, 0.25) is 0 Å². The van der Waals surface area contributed by atoms with Gasteiger partial charge < -0.3 is 14.4 Å². The summed E-state index contributed by atoms with van der Waals surface area (Å²) in [4.78, 5) is 17.8. The molecule has 2 heterocycles. The quantitative estimate of drug-likeness (QED) is 0.454. The van der Waals surface area contributed by atoms with E-state index in [1.54, 1.807) is 0 Å². The van der Waals surface area contributed by atoms with Crippen molar-refractivity contribution in [1.29, 1.82) is 0 Å². The Bertz CT molecular complexity index is 1040. The number of nitrogens with zero attached hydrogens (tertiary/aromatic N) is 2. The van der Waals surface area contributed by atoms with E-state index in [9.17, 15) is 4.79 Å².